The van der Waals surface area contributed by atoms with Crippen LogP contribution in [0.4, 0.5) is 0 Å². The second kappa shape index (κ2) is 6.66. The molecule has 1 rings (SSSR count). The van der Waals surface area contributed by atoms with Gasteiger partial charge in [-0.05, 0) is 17.7 Å². The van der Waals surface area contributed by atoms with Gasteiger partial charge in [0.15, 0.2) is 0 Å². The molecule has 0 bridgehead atoms. The van der Waals surface area contributed by atoms with E-state index in [1.807, 2.05) is 24.3 Å². The average molecular weight is 230 g/mol. The van der Waals surface area contributed by atoms with Crippen LogP contribution in [-0.4, -0.2) is 23.9 Å². The molecule has 0 heterocycles. The Hall–Kier alpha value is -1.87. The van der Waals surface area contributed by atoms with Crippen LogP contribution >= 0.6 is 0 Å². The van der Waals surface area contributed by atoms with Crippen LogP contribution in [0.1, 0.15) is 15.9 Å². The molecule has 0 saturated heterocycles. The van der Waals surface area contributed by atoms with E-state index in [0.29, 0.717) is 5.56 Å². The summed E-state index contributed by atoms with van der Waals surface area (Å²) < 4.78 is 0. The Labute approximate surface area is 102 Å². The number of benzene rings is 1. The quantitative estimate of drug-likeness (QED) is 0.728. The molecule has 1 aromatic carbocycles. The van der Waals surface area contributed by atoms with E-state index < -0.39 is 5.91 Å². The molecule has 0 atom stereocenters. The maximum absolute atomic E-state index is 10.9. The highest BCUT2D eigenvalue weighted by atomic mass is 16.1. The molecule has 0 unspecified atom stereocenters. The summed E-state index contributed by atoms with van der Waals surface area (Å²) >= 11 is 0. The van der Waals surface area contributed by atoms with E-state index in [1.165, 1.54) is 0 Å². The molecule has 0 spiro atoms. The molecule has 3 heteroatoms. The van der Waals surface area contributed by atoms with Crippen molar-refractivity contribution >= 4 is 5.91 Å². The van der Waals surface area contributed by atoms with Crippen molar-refractivity contribution in [2.75, 3.05) is 13.1 Å². The van der Waals surface area contributed by atoms with E-state index >= 15 is 0 Å². The van der Waals surface area contributed by atoms with Gasteiger partial charge in [0.2, 0.25) is 5.91 Å². The molecular formula is C14H18N2O. The van der Waals surface area contributed by atoms with E-state index in [4.69, 9.17) is 5.73 Å². The van der Waals surface area contributed by atoms with Crippen molar-refractivity contribution in [3.8, 4) is 0 Å². The zero-order valence-electron chi connectivity index (χ0n) is 9.93. The highest BCUT2D eigenvalue weighted by molar-refractivity contribution is 5.92. The van der Waals surface area contributed by atoms with Crippen LogP contribution in [0.15, 0.2) is 49.6 Å². The van der Waals surface area contributed by atoms with Crippen molar-refractivity contribution in [3.05, 3.63) is 60.7 Å². The lowest BCUT2D eigenvalue weighted by molar-refractivity contribution is 0.100. The van der Waals surface area contributed by atoms with Gasteiger partial charge in [0, 0.05) is 25.2 Å². The molecule has 0 aromatic heterocycles. The highest BCUT2D eigenvalue weighted by Gasteiger charge is 2.04. The van der Waals surface area contributed by atoms with Crippen molar-refractivity contribution in [1.29, 1.82) is 0 Å². The number of nitrogens with two attached hydrogens (primary N) is 1. The molecule has 1 aromatic rings. The summed E-state index contributed by atoms with van der Waals surface area (Å²) in [4.78, 5) is 13.1. The number of hydrogen-bond donors (Lipinski definition) is 1. The fourth-order valence-electron chi connectivity index (χ4n) is 1.60. The molecular weight excluding hydrogens is 212 g/mol. The number of carbonyl (C=O) groups excluding carboxylic acids is 1. The number of primary amides is 1. The molecule has 2 N–H and O–H groups in total. The maximum Gasteiger partial charge on any atom is 0.248 e. The fraction of sp³-hybridized carbons (Fsp3) is 0.214. The Balaban J connectivity index is 2.68. The van der Waals surface area contributed by atoms with Gasteiger partial charge >= 0.3 is 0 Å². The minimum absolute atomic E-state index is 0.398. The second-order valence-corrected chi connectivity index (χ2v) is 3.83. The first-order valence-electron chi connectivity index (χ1n) is 5.50. The third kappa shape index (κ3) is 4.25. The molecule has 0 saturated carbocycles. The Morgan fingerprint density at radius 2 is 1.71 bits per heavy atom. The van der Waals surface area contributed by atoms with Crippen LogP contribution in [0.25, 0.3) is 0 Å². The molecule has 0 radical (unpaired) electrons. The smallest absolute Gasteiger partial charge is 0.248 e. The first-order chi connectivity index (χ1) is 8.17. The first kappa shape index (κ1) is 13.2. The molecule has 17 heavy (non-hydrogen) atoms. The summed E-state index contributed by atoms with van der Waals surface area (Å²) in [6.45, 7) is 9.87. The van der Waals surface area contributed by atoms with E-state index in [9.17, 15) is 4.79 Å². The molecule has 0 aliphatic rings. The highest BCUT2D eigenvalue weighted by Crippen LogP contribution is 2.07. The first-order valence-corrected chi connectivity index (χ1v) is 5.50. The number of rotatable bonds is 7. The van der Waals surface area contributed by atoms with Crippen LogP contribution in [0.3, 0.4) is 0 Å². The largest absolute Gasteiger partial charge is 0.366 e. The van der Waals surface area contributed by atoms with Gasteiger partial charge in [0.05, 0.1) is 0 Å². The van der Waals surface area contributed by atoms with Gasteiger partial charge < -0.3 is 5.73 Å². The standard InChI is InChI=1S/C14H18N2O/c1-3-9-16(10-4-2)11-12-5-7-13(8-6-12)14(15)17/h3-8H,1-2,9-11H2,(H2,15,17). The Morgan fingerprint density at radius 3 is 2.12 bits per heavy atom. The van der Waals surface area contributed by atoms with Gasteiger partial charge in [-0.25, -0.2) is 0 Å². The van der Waals surface area contributed by atoms with Crippen LogP contribution in [-0.2, 0) is 6.54 Å². The SMILES string of the molecule is C=CCN(CC=C)Cc1ccc(C(N)=O)cc1. The zero-order chi connectivity index (χ0) is 12.7. The summed E-state index contributed by atoms with van der Waals surface area (Å²) in [5.41, 5.74) is 6.86. The fourth-order valence-corrected chi connectivity index (χ4v) is 1.60. The summed E-state index contributed by atoms with van der Waals surface area (Å²) in [6.07, 6.45) is 3.72. The van der Waals surface area contributed by atoms with Crippen molar-refractivity contribution in [3.63, 3.8) is 0 Å². The van der Waals surface area contributed by atoms with Crippen LogP contribution in [0.5, 0.6) is 0 Å². The van der Waals surface area contributed by atoms with Crippen LogP contribution in [0, 0.1) is 0 Å². The van der Waals surface area contributed by atoms with Gasteiger partial charge in [-0.2, -0.15) is 0 Å². The molecule has 3 nitrogen and oxygen atoms in total. The lowest BCUT2D eigenvalue weighted by Gasteiger charge is -2.18. The number of amides is 1. The summed E-state index contributed by atoms with van der Waals surface area (Å²) in [7, 11) is 0. The Morgan fingerprint density at radius 1 is 1.18 bits per heavy atom. The molecule has 90 valence electrons. The monoisotopic (exact) mass is 230 g/mol. The summed E-state index contributed by atoms with van der Waals surface area (Å²) in [5, 5.41) is 0. The van der Waals surface area contributed by atoms with Crippen molar-refractivity contribution in [2.24, 2.45) is 5.73 Å². The molecule has 1 amide bonds. The lowest BCUT2D eigenvalue weighted by Crippen LogP contribution is -2.23. The summed E-state index contributed by atoms with van der Waals surface area (Å²) in [5.74, 6) is -0.398. The van der Waals surface area contributed by atoms with Gasteiger partial charge in [-0.15, -0.1) is 13.2 Å². The van der Waals surface area contributed by atoms with E-state index in [2.05, 4.69) is 18.1 Å². The van der Waals surface area contributed by atoms with Gasteiger partial charge in [-0.1, -0.05) is 24.3 Å². The normalized spacial score (nSPS) is 10.2. The van der Waals surface area contributed by atoms with Gasteiger partial charge in [-0.3, -0.25) is 9.69 Å². The van der Waals surface area contributed by atoms with Crippen molar-refractivity contribution in [1.82, 2.24) is 4.90 Å². The predicted molar refractivity (Wildman–Crippen MR) is 70.6 cm³/mol. The summed E-state index contributed by atoms with van der Waals surface area (Å²) in [6, 6.07) is 7.33. The molecule has 0 aliphatic heterocycles. The third-order valence-corrected chi connectivity index (χ3v) is 2.42. The maximum atomic E-state index is 10.9. The predicted octanol–water partition coefficient (Wildman–Crippen LogP) is 1.96. The second-order valence-electron chi connectivity index (χ2n) is 3.83. The van der Waals surface area contributed by atoms with Crippen LogP contribution in [0.2, 0.25) is 0 Å². The minimum Gasteiger partial charge on any atom is -0.366 e. The third-order valence-electron chi connectivity index (χ3n) is 2.42. The van der Waals surface area contributed by atoms with Gasteiger partial charge in [0.25, 0.3) is 0 Å². The van der Waals surface area contributed by atoms with Crippen LogP contribution < -0.4 is 5.73 Å². The van der Waals surface area contributed by atoms with E-state index in [0.717, 1.165) is 25.2 Å². The Bertz CT molecular complexity index is 385. The van der Waals surface area contributed by atoms with Crippen molar-refractivity contribution in [2.45, 2.75) is 6.54 Å². The lowest BCUT2D eigenvalue weighted by atomic mass is 10.1. The van der Waals surface area contributed by atoms with E-state index in [1.54, 1.807) is 12.1 Å². The number of carbonyl (C=O) groups is 1. The number of hydrogen-bond acceptors (Lipinski definition) is 2. The Kier molecular flexibility index (Phi) is 5.17. The minimum atomic E-state index is -0.398. The number of nitrogens with zero attached hydrogens (tertiary/aromatic N) is 1. The average Bonchev–Trinajstić information content (AvgIpc) is 2.30. The van der Waals surface area contributed by atoms with Crippen molar-refractivity contribution < 1.29 is 4.79 Å². The van der Waals surface area contributed by atoms with E-state index in [-0.39, 0.29) is 0 Å². The molecule has 0 aliphatic carbocycles. The van der Waals surface area contributed by atoms with Gasteiger partial charge in [0.1, 0.15) is 0 Å². The topological polar surface area (TPSA) is 46.3 Å². The zero-order valence-corrected chi connectivity index (χ0v) is 9.93. The molecule has 0 fully saturated rings.